The molecular weight excluding hydrogens is 401 g/mol. The second kappa shape index (κ2) is 10.9. The molecule has 4 nitrogen and oxygen atoms in total. The van der Waals surface area contributed by atoms with E-state index in [1.807, 2.05) is 0 Å². The molecule has 1 saturated heterocycles. The van der Waals surface area contributed by atoms with Crippen molar-refractivity contribution in [3.63, 3.8) is 0 Å². The summed E-state index contributed by atoms with van der Waals surface area (Å²) in [7, 11) is 1.74. The summed E-state index contributed by atoms with van der Waals surface area (Å²) in [5.74, 6) is 1.79. The van der Waals surface area contributed by atoms with Crippen LogP contribution < -0.4 is 5.32 Å². The van der Waals surface area contributed by atoms with Gasteiger partial charge in [0.05, 0.1) is 13.2 Å². The first kappa shape index (κ1) is 20.2. The Labute approximate surface area is 157 Å². The van der Waals surface area contributed by atoms with Crippen LogP contribution >= 0.6 is 24.0 Å². The molecule has 1 aliphatic rings. The van der Waals surface area contributed by atoms with Crippen molar-refractivity contribution in [2.75, 3.05) is 26.7 Å². The van der Waals surface area contributed by atoms with E-state index in [9.17, 15) is 0 Å². The van der Waals surface area contributed by atoms with Gasteiger partial charge in [0.15, 0.2) is 5.96 Å². The van der Waals surface area contributed by atoms with Gasteiger partial charge in [-0.05, 0) is 36.8 Å². The maximum Gasteiger partial charge on any atom is 0.194 e. The van der Waals surface area contributed by atoms with Crippen LogP contribution in [0.25, 0.3) is 0 Å². The van der Waals surface area contributed by atoms with E-state index in [0.717, 1.165) is 31.5 Å². The third kappa shape index (κ3) is 6.30. The highest BCUT2D eigenvalue weighted by atomic mass is 127. The topological polar surface area (TPSA) is 36.9 Å². The normalized spacial score (nSPS) is 18.5. The van der Waals surface area contributed by atoms with Gasteiger partial charge in [0.2, 0.25) is 0 Å². The highest BCUT2D eigenvalue weighted by Crippen LogP contribution is 2.16. The maximum atomic E-state index is 5.28. The third-order valence-electron chi connectivity index (χ3n) is 4.11. The molecule has 0 amide bonds. The number of methoxy groups -OCH3 is 1. The second-order valence-corrected chi connectivity index (χ2v) is 6.07. The molecule has 1 heterocycles. The Bertz CT molecular complexity index is 493. The maximum absolute atomic E-state index is 5.28. The first-order valence-corrected chi connectivity index (χ1v) is 8.33. The quantitative estimate of drug-likeness (QED) is 0.440. The molecule has 5 heteroatoms. The summed E-state index contributed by atoms with van der Waals surface area (Å²) in [6.45, 7) is 8.91. The molecule has 1 N–H and O–H groups in total. The molecule has 1 fully saturated rings. The van der Waals surface area contributed by atoms with E-state index in [4.69, 9.17) is 9.73 Å². The van der Waals surface area contributed by atoms with Gasteiger partial charge in [0, 0.05) is 26.7 Å². The third-order valence-corrected chi connectivity index (χ3v) is 4.11. The highest BCUT2D eigenvalue weighted by Gasteiger charge is 2.19. The Morgan fingerprint density at radius 2 is 2.09 bits per heavy atom. The van der Waals surface area contributed by atoms with E-state index in [0.29, 0.717) is 13.2 Å². The van der Waals surface area contributed by atoms with Crippen LogP contribution in [0, 0.1) is 5.92 Å². The molecule has 0 bridgehead atoms. The van der Waals surface area contributed by atoms with Crippen molar-refractivity contribution in [2.24, 2.45) is 10.9 Å². The molecule has 1 aromatic carbocycles. The first-order chi connectivity index (χ1) is 10.7. The van der Waals surface area contributed by atoms with Crippen LogP contribution in [-0.2, 0) is 17.9 Å². The lowest BCUT2D eigenvalue weighted by molar-refractivity contribution is 0.184. The average Bonchev–Trinajstić information content (AvgIpc) is 2.53. The summed E-state index contributed by atoms with van der Waals surface area (Å²) < 4.78 is 5.28. The molecule has 130 valence electrons. The van der Waals surface area contributed by atoms with Crippen molar-refractivity contribution in [1.29, 1.82) is 0 Å². The molecule has 0 spiro atoms. The molecule has 0 radical (unpaired) electrons. The number of nitrogens with one attached hydrogen (secondary N) is 1. The predicted octanol–water partition coefficient (Wildman–Crippen LogP) is 3.65. The van der Waals surface area contributed by atoms with Crippen molar-refractivity contribution in [2.45, 2.75) is 39.8 Å². The minimum atomic E-state index is 0. The summed E-state index contributed by atoms with van der Waals surface area (Å²) in [5, 5.41) is 3.44. The first-order valence-electron chi connectivity index (χ1n) is 8.33. The van der Waals surface area contributed by atoms with Crippen molar-refractivity contribution in [1.82, 2.24) is 10.2 Å². The number of nitrogens with zero attached hydrogens (tertiary/aromatic N) is 2. The van der Waals surface area contributed by atoms with Gasteiger partial charge in [0.1, 0.15) is 0 Å². The van der Waals surface area contributed by atoms with Gasteiger partial charge in [-0.3, -0.25) is 0 Å². The Kier molecular flexibility index (Phi) is 9.55. The van der Waals surface area contributed by atoms with Gasteiger partial charge in [-0.25, -0.2) is 4.99 Å². The number of hydrogen-bond acceptors (Lipinski definition) is 2. The largest absolute Gasteiger partial charge is 0.380 e. The summed E-state index contributed by atoms with van der Waals surface area (Å²) in [5.41, 5.74) is 2.46. The zero-order chi connectivity index (χ0) is 15.8. The molecular formula is C18H30IN3O. The summed E-state index contributed by atoms with van der Waals surface area (Å²) >= 11 is 0. The van der Waals surface area contributed by atoms with Gasteiger partial charge in [0.25, 0.3) is 0 Å². The molecule has 0 aliphatic carbocycles. The van der Waals surface area contributed by atoms with Gasteiger partial charge in [-0.2, -0.15) is 0 Å². The molecule has 0 saturated carbocycles. The van der Waals surface area contributed by atoms with Crippen LogP contribution in [-0.4, -0.2) is 37.6 Å². The summed E-state index contributed by atoms with van der Waals surface area (Å²) in [4.78, 5) is 7.26. The Balaban J connectivity index is 0.00000264. The van der Waals surface area contributed by atoms with E-state index >= 15 is 0 Å². The fourth-order valence-corrected chi connectivity index (χ4v) is 2.98. The lowest BCUT2D eigenvalue weighted by Crippen LogP contribution is -2.46. The number of rotatable bonds is 5. The van der Waals surface area contributed by atoms with Gasteiger partial charge < -0.3 is 15.0 Å². The average molecular weight is 431 g/mol. The lowest BCUT2D eigenvalue weighted by Gasteiger charge is -2.33. The van der Waals surface area contributed by atoms with Crippen molar-refractivity contribution in [3.05, 3.63) is 35.4 Å². The van der Waals surface area contributed by atoms with E-state index in [2.05, 4.69) is 48.3 Å². The SMILES string of the molecule is CCNC(=NCc1ccccc1COC)N1CCCC(C)C1.I. The number of benzene rings is 1. The fraction of sp³-hybridized carbons (Fsp3) is 0.611. The second-order valence-electron chi connectivity index (χ2n) is 6.07. The number of guanidine groups is 1. The number of likely N-dealkylation sites (tertiary alicyclic amines) is 1. The molecule has 1 atom stereocenters. The Hall–Kier alpha value is -0.820. The molecule has 1 aromatic rings. The number of aliphatic imine (C=N–C) groups is 1. The minimum Gasteiger partial charge on any atom is -0.380 e. The number of halogens is 1. The van der Waals surface area contributed by atoms with Crippen LogP contribution in [0.15, 0.2) is 29.3 Å². The van der Waals surface area contributed by atoms with Crippen LogP contribution in [0.1, 0.15) is 37.8 Å². The molecule has 1 aliphatic heterocycles. The van der Waals surface area contributed by atoms with Crippen LogP contribution in [0.2, 0.25) is 0 Å². The molecule has 2 rings (SSSR count). The van der Waals surface area contributed by atoms with Gasteiger partial charge in [-0.1, -0.05) is 31.2 Å². The Morgan fingerprint density at radius 3 is 2.74 bits per heavy atom. The van der Waals surface area contributed by atoms with E-state index in [-0.39, 0.29) is 24.0 Å². The number of hydrogen-bond donors (Lipinski definition) is 1. The summed E-state index contributed by atoms with van der Waals surface area (Å²) in [6.07, 6.45) is 2.58. The highest BCUT2D eigenvalue weighted by molar-refractivity contribution is 14.0. The molecule has 23 heavy (non-hydrogen) atoms. The van der Waals surface area contributed by atoms with Crippen molar-refractivity contribution >= 4 is 29.9 Å². The lowest BCUT2D eigenvalue weighted by atomic mass is 10.0. The number of ether oxygens (including phenoxy) is 1. The fourth-order valence-electron chi connectivity index (χ4n) is 2.98. The van der Waals surface area contributed by atoms with Crippen LogP contribution in [0.4, 0.5) is 0 Å². The monoisotopic (exact) mass is 431 g/mol. The zero-order valence-corrected chi connectivity index (χ0v) is 16.9. The minimum absolute atomic E-state index is 0. The van der Waals surface area contributed by atoms with Gasteiger partial charge in [-0.15, -0.1) is 24.0 Å². The van der Waals surface area contributed by atoms with E-state index in [1.165, 1.54) is 24.0 Å². The predicted molar refractivity (Wildman–Crippen MR) is 107 cm³/mol. The van der Waals surface area contributed by atoms with Crippen LogP contribution in [0.3, 0.4) is 0 Å². The standard InChI is InChI=1S/C18H29N3O.HI/c1-4-19-18(21-11-7-8-15(2)13-21)20-12-16-9-5-6-10-17(16)14-22-3;/h5-6,9-10,15H,4,7-8,11-14H2,1-3H3,(H,19,20);1H. The smallest absolute Gasteiger partial charge is 0.194 e. The van der Waals surface area contributed by atoms with E-state index < -0.39 is 0 Å². The Morgan fingerprint density at radius 1 is 1.35 bits per heavy atom. The van der Waals surface area contributed by atoms with Crippen molar-refractivity contribution in [3.8, 4) is 0 Å². The summed E-state index contributed by atoms with van der Waals surface area (Å²) in [6, 6.07) is 8.38. The van der Waals surface area contributed by atoms with Crippen molar-refractivity contribution < 1.29 is 4.74 Å². The number of piperidine rings is 1. The zero-order valence-electron chi connectivity index (χ0n) is 14.5. The molecule has 1 unspecified atom stereocenters. The van der Waals surface area contributed by atoms with Crippen LogP contribution in [0.5, 0.6) is 0 Å². The van der Waals surface area contributed by atoms with E-state index in [1.54, 1.807) is 7.11 Å². The van der Waals surface area contributed by atoms with Gasteiger partial charge >= 0.3 is 0 Å². The molecule has 0 aromatic heterocycles.